The molecule has 0 saturated heterocycles. The Labute approximate surface area is 105 Å². The number of methoxy groups -OCH3 is 1. The number of rotatable bonds is 5. The van der Waals surface area contributed by atoms with Gasteiger partial charge in [-0.3, -0.25) is 0 Å². The summed E-state index contributed by atoms with van der Waals surface area (Å²) >= 11 is 3.54. The molecule has 1 heterocycles. The lowest BCUT2D eigenvalue weighted by molar-refractivity contribution is 0.205. The molecule has 0 aromatic carbocycles. The molecule has 1 aromatic heterocycles. The van der Waals surface area contributed by atoms with Crippen LogP contribution < -0.4 is 10.6 Å². The fourth-order valence-electron chi connectivity index (χ4n) is 1.41. The Bertz CT molecular complexity index is 357. The lowest BCUT2D eigenvalue weighted by Gasteiger charge is -2.23. The van der Waals surface area contributed by atoms with E-state index in [1.807, 2.05) is 6.92 Å². The zero-order chi connectivity index (χ0) is 12.1. The SMILES string of the molecule is CCN(CCOC)c1ncc(N)c(C)c1Br. The average Bonchev–Trinajstić information content (AvgIpc) is 2.29. The van der Waals surface area contributed by atoms with E-state index in [-0.39, 0.29) is 0 Å². The van der Waals surface area contributed by atoms with Gasteiger partial charge < -0.3 is 15.4 Å². The van der Waals surface area contributed by atoms with Crippen LogP contribution in [0.1, 0.15) is 12.5 Å². The molecule has 90 valence electrons. The van der Waals surface area contributed by atoms with Crippen molar-refractivity contribution in [1.82, 2.24) is 4.98 Å². The van der Waals surface area contributed by atoms with Crippen LogP contribution in [0.15, 0.2) is 10.7 Å². The first-order valence-corrected chi connectivity index (χ1v) is 6.05. The van der Waals surface area contributed by atoms with Crippen molar-refractivity contribution >= 4 is 27.4 Å². The van der Waals surface area contributed by atoms with Gasteiger partial charge in [0.05, 0.1) is 23.0 Å². The Balaban J connectivity index is 2.96. The van der Waals surface area contributed by atoms with Crippen molar-refractivity contribution in [2.24, 2.45) is 0 Å². The molecule has 0 atom stereocenters. The van der Waals surface area contributed by atoms with Gasteiger partial charge in [0, 0.05) is 20.2 Å². The minimum Gasteiger partial charge on any atom is -0.397 e. The molecule has 0 radical (unpaired) electrons. The van der Waals surface area contributed by atoms with Crippen LogP contribution in [-0.2, 0) is 4.74 Å². The predicted molar refractivity (Wildman–Crippen MR) is 70.8 cm³/mol. The molecule has 16 heavy (non-hydrogen) atoms. The van der Waals surface area contributed by atoms with Crippen LogP contribution in [0.25, 0.3) is 0 Å². The van der Waals surface area contributed by atoms with Crippen LogP contribution >= 0.6 is 15.9 Å². The predicted octanol–water partition coefficient (Wildman–Crippen LogP) is 2.21. The van der Waals surface area contributed by atoms with Gasteiger partial charge >= 0.3 is 0 Å². The number of likely N-dealkylation sites (N-methyl/N-ethyl adjacent to an activating group) is 1. The van der Waals surface area contributed by atoms with Gasteiger partial charge in [-0.05, 0) is 35.3 Å². The molecule has 0 fully saturated rings. The average molecular weight is 288 g/mol. The van der Waals surface area contributed by atoms with E-state index in [9.17, 15) is 0 Å². The van der Waals surface area contributed by atoms with Gasteiger partial charge in [0.2, 0.25) is 0 Å². The number of pyridine rings is 1. The van der Waals surface area contributed by atoms with Crippen LogP contribution in [0.3, 0.4) is 0 Å². The number of anilines is 2. The van der Waals surface area contributed by atoms with Crippen molar-refractivity contribution in [3.05, 3.63) is 16.2 Å². The molecule has 0 spiro atoms. The fraction of sp³-hybridized carbons (Fsp3) is 0.545. The van der Waals surface area contributed by atoms with Crippen LogP contribution in [-0.4, -0.2) is 31.8 Å². The van der Waals surface area contributed by atoms with Gasteiger partial charge in [-0.2, -0.15) is 0 Å². The highest BCUT2D eigenvalue weighted by Gasteiger charge is 2.13. The molecule has 0 saturated carbocycles. The molecule has 2 N–H and O–H groups in total. The topological polar surface area (TPSA) is 51.4 Å². The number of hydrogen-bond acceptors (Lipinski definition) is 4. The van der Waals surface area contributed by atoms with Gasteiger partial charge in [-0.15, -0.1) is 0 Å². The molecule has 0 aliphatic rings. The summed E-state index contributed by atoms with van der Waals surface area (Å²) < 4.78 is 6.04. The summed E-state index contributed by atoms with van der Waals surface area (Å²) in [5.74, 6) is 0.922. The maximum atomic E-state index is 5.80. The third-order valence-corrected chi connectivity index (χ3v) is 3.48. The van der Waals surface area contributed by atoms with Gasteiger partial charge in [0.1, 0.15) is 5.82 Å². The van der Waals surface area contributed by atoms with E-state index in [0.29, 0.717) is 12.3 Å². The van der Waals surface area contributed by atoms with Crippen LogP contribution in [0.2, 0.25) is 0 Å². The van der Waals surface area contributed by atoms with Crippen LogP contribution in [0.5, 0.6) is 0 Å². The molecule has 0 bridgehead atoms. The van der Waals surface area contributed by atoms with Crippen molar-refractivity contribution in [2.45, 2.75) is 13.8 Å². The smallest absolute Gasteiger partial charge is 0.143 e. The lowest BCUT2D eigenvalue weighted by atomic mass is 10.2. The molecule has 1 aromatic rings. The van der Waals surface area contributed by atoms with Gasteiger partial charge in [-0.25, -0.2) is 4.98 Å². The highest BCUT2D eigenvalue weighted by atomic mass is 79.9. The van der Waals surface area contributed by atoms with Crippen molar-refractivity contribution < 1.29 is 4.74 Å². The number of hydrogen-bond donors (Lipinski definition) is 1. The zero-order valence-electron chi connectivity index (χ0n) is 9.96. The first-order valence-electron chi connectivity index (χ1n) is 5.26. The highest BCUT2D eigenvalue weighted by Crippen LogP contribution is 2.30. The Hall–Kier alpha value is -0.810. The minimum atomic E-state index is 0.686. The van der Waals surface area contributed by atoms with E-state index in [1.54, 1.807) is 13.3 Å². The first kappa shape index (κ1) is 13.3. The second-order valence-corrected chi connectivity index (χ2v) is 4.34. The number of nitrogens with two attached hydrogens (primary N) is 1. The standard InChI is InChI=1S/C11H18BrN3O/c1-4-15(5-6-16-3)11-10(12)8(2)9(13)7-14-11/h7H,4-6,13H2,1-3H3. The van der Waals surface area contributed by atoms with Crippen molar-refractivity contribution in [2.75, 3.05) is 37.4 Å². The summed E-state index contributed by atoms with van der Waals surface area (Å²) in [6, 6.07) is 0. The molecule has 0 amide bonds. The van der Waals surface area contributed by atoms with Gasteiger partial charge in [0.15, 0.2) is 0 Å². The van der Waals surface area contributed by atoms with Crippen LogP contribution in [0.4, 0.5) is 11.5 Å². The molecule has 4 nitrogen and oxygen atoms in total. The molecular weight excluding hydrogens is 270 g/mol. The molecular formula is C11H18BrN3O. The fourth-order valence-corrected chi connectivity index (χ4v) is 2.00. The zero-order valence-corrected chi connectivity index (χ0v) is 11.5. The van der Waals surface area contributed by atoms with E-state index in [0.717, 1.165) is 28.9 Å². The van der Waals surface area contributed by atoms with E-state index < -0.39 is 0 Å². The van der Waals surface area contributed by atoms with E-state index >= 15 is 0 Å². The van der Waals surface area contributed by atoms with Crippen molar-refractivity contribution in [3.8, 4) is 0 Å². The quantitative estimate of drug-likeness (QED) is 0.902. The second kappa shape index (κ2) is 6.06. The summed E-state index contributed by atoms with van der Waals surface area (Å²) in [7, 11) is 1.70. The van der Waals surface area contributed by atoms with Crippen molar-refractivity contribution in [1.29, 1.82) is 0 Å². The molecule has 5 heteroatoms. The second-order valence-electron chi connectivity index (χ2n) is 3.55. The maximum absolute atomic E-state index is 5.80. The Morgan fingerprint density at radius 1 is 1.56 bits per heavy atom. The Morgan fingerprint density at radius 2 is 2.25 bits per heavy atom. The van der Waals surface area contributed by atoms with Crippen molar-refractivity contribution in [3.63, 3.8) is 0 Å². The Kier molecular flexibility index (Phi) is 5.02. The summed E-state index contributed by atoms with van der Waals surface area (Å²) in [6.07, 6.45) is 1.70. The largest absolute Gasteiger partial charge is 0.397 e. The summed E-state index contributed by atoms with van der Waals surface area (Å²) in [5, 5.41) is 0. The molecule has 0 unspecified atom stereocenters. The number of ether oxygens (including phenoxy) is 1. The number of nitrogen functional groups attached to an aromatic ring is 1. The highest BCUT2D eigenvalue weighted by molar-refractivity contribution is 9.10. The van der Waals surface area contributed by atoms with E-state index in [4.69, 9.17) is 10.5 Å². The van der Waals surface area contributed by atoms with Crippen LogP contribution in [0, 0.1) is 6.92 Å². The van der Waals surface area contributed by atoms with E-state index in [2.05, 4.69) is 32.7 Å². The van der Waals surface area contributed by atoms with Gasteiger partial charge in [-0.1, -0.05) is 0 Å². The molecule has 0 aliphatic heterocycles. The number of aromatic nitrogens is 1. The summed E-state index contributed by atoms with van der Waals surface area (Å²) in [5.41, 5.74) is 7.53. The molecule has 0 aliphatic carbocycles. The summed E-state index contributed by atoms with van der Waals surface area (Å²) in [4.78, 5) is 6.51. The van der Waals surface area contributed by atoms with E-state index in [1.165, 1.54) is 0 Å². The number of halogens is 1. The summed E-state index contributed by atoms with van der Waals surface area (Å²) in [6.45, 7) is 6.47. The van der Waals surface area contributed by atoms with Gasteiger partial charge in [0.25, 0.3) is 0 Å². The first-order chi connectivity index (χ1) is 7.61. The monoisotopic (exact) mass is 287 g/mol. The maximum Gasteiger partial charge on any atom is 0.143 e. The minimum absolute atomic E-state index is 0.686. The third kappa shape index (κ3) is 2.86. The lowest BCUT2D eigenvalue weighted by Crippen LogP contribution is -2.28. The Morgan fingerprint density at radius 3 is 2.81 bits per heavy atom. The third-order valence-electron chi connectivity index (χ3n) is 2.53. The normalized spacial score (nSPS) is 10.5. The number of nitrogens with zero attached hydrogens (tertiary/aromatic N) is 2. The molecule has 1 rings (SSSR count).